The lowest BCUT2D eigenvalue weighted by Gasteiger charge is -2.24. The molecule has 4 rings (SSSR count). The van der Waals surface area contributed by atoms with E-state index in [0.717, 1.165) is 16.9 Å². The third-order valence-electron chi connectivity index (χ3n) is 5.33. The zero-order valence-corrected chi connectivity index (χ0v) is 20.0. The molecular formula is C25H22F2N2O5S. The summed E-state index contributed by atoms with van der Waals surface area (Å²) in [4.78, 5) is 31.4. The van der Waals surface area contributed by atoms with Crippen LogP contribution in [0.3, 0.4) is 0 Å². The number of hydrogen-bond donors (Lipinski definition) is 0. The maximum Gasteiger partial charge on any atom is 0.387 e. The molecule has 10 heteroatoms. The molecule has 0 radical (unpaired) electrons. The van der Waals surface area contributed by atoms with E-state index in [2.05, 4.69) is 9.73 Å². The Morgan fingerprint density at radius 2 is 1.94 bits per heavy atom. The molecular weight excluding hydrogens is 478 g/mol. The van der Waals surface area contributed by atoms with E-state index in [4.69, 9.17) is 9.47 Å². The number of thiazole rings is 1. The highest BCUT2D eigenvalue weighted by molar-refractivity contribution is 7.07. The SMILES string of the molecule is CCOC(=O)C1=C(C)N=c2s/c(=C/c3ccc(OC(F)F)c(OC)c3)c(=O)n2[C@H]1c1ccccc1. The molecule has 0 spiro atoms. The van der Waals surface area contributed by atoms with Crippen molar-refractivity contribution in [1.29, 1.82) is 0 Å². The van der Waals surface area contributed by atoms with Crippen LogP contribution in [0.2, 0.25) is 0 Å². The lowest BCUT2D eigenvalue weighted by atomic mass is 9.96. The summed E-state index contributed by atoms with van der Waals surface area (Å²) in [7, 11) is 1.34. The van der Waals surface area contributed by atoms with Gasteiger partial charge in [0.25, 0.3) is 5.56 Å². The summed E-state index contributed by atoms with van der Waals surface area (Å²) in [6, 6.07) is 12.9. The average Bonchev–Trinajstić information content (AvgIpc) is 3.13. The largest absolute Gasteiger partial charge is 0.493 e. The highest BCUT2D eigenvalue weighted by Gasteiger charge is 2.33. The number of methoxy groups -OCH3 is 1. The summed E-state index contributed by atoms with van der Waals surface area (Å²) in [6.07, 6.45) is 1.62. The molecule has 7 nitrogen and oxygen atoms in total. The van der Waals surface area contributed by atoms with E-state index >= 15 is 0 Å². The topological polar surface area (TPSA) is 79.1 Å². The molecule has 2 heterocycles. The summed E-state index contributed by atoms with van der Waals surface area (Å²) < 4.78 is 42.0. The van der Waals surface area contributed by atoms with E-state index in [0.29, 0.717) is 26.2 Å². The van der Waals surface area contributed by atoms with E-state index in [1.165, 1.54) is 23.8 Å². The number of esters is 1. The molecule has 0 aliphatic carbocycles. The number of benzene rings is 2. The van der Waals surface area contributed by atoms with Gasteiger partial charge < -0.3 is 14.2 Å². The van der Waals surface area contributed by atoms with Crippen LogP contribution in [0, 0.1) is 0 Å². The van der Waals surface area contributed by atoms with E-state index in [1.54, 1.807) is 26.0 Å². The third-order valence-corrected chi connectivity index (χ3v) is 6.32. The van der Waals surface area contributed by atoms with Crippen molar-refractivity contribution in [3.63, 3.8) is 0 Å². The molecule has 0 saturated carbocycles. The number of alkyl halides is 2. The molecule has 182 valence electrons. The Bertz CT molecular complexity index is 1460. The summed E-state index contributed by atoms with van der Waals surface area (Å²) >= 11 is 1.16. The lowest BCUT2D eigenvalue weighted by Crippen LogP contribution is -2.39. The minimum absolute atomic E-state index is 0.106. The average molecular weight is 501 g/mol. The van der Waals surface area contributed by atoms with Crippen LogP contribution in [-0.4, -0.2) is 30.9 Å². The molecule has 0 fully saturated rings. The van der Waals surface area contributed by atoms with Gasteiger partial charge in [-0.05, 0) is 43.2 Å². The van der Waals surface area contributed by atoms with Crippen molar-refractivity contribution in [2.45, 2.75) is 26.5 Å². The summed E-state index contributed by atoms with van der Waals surface area (Å²) in [6.45, 7) is 0.626. The molecule has 3 aromatic rings. The monoisotopic (exact) mass is 500 g/mol. The molecule has 0 saturated heterocycles. The van der Waals surface area contributed by atoms with E-state index in [9.17, 15) is 18.4 Å². The van der Waals surface area contributed by atoms with Crippen LogP contribution in [0.4, 0.5) is 8.78 Å². The van der Waals surface area contributed by atoms with Crippen molar-refractivity contribution in [1.82, 2.24) is 4.57 Å². The molecule has 1 aliphatic rings. The standard InChI is InChI=1S/C25H22F2N2O5S/c1-4-33-23(31)20-14(2)28-25-29(21(20)16-8-6-5-7-9-16)22(30)19(35-25)13-15-10-11-17(34-24(26)27)18(12-15)32-3/h5-13,21,24H,4H2,1-3H3/b19-13+/t21-/m0/s1. The van der Waals surface area contributed by atoms with Gasteiger partial charge in [-0.1, -0.05) is 47.7 Å². The normalized spacial score (nSPS) is 15.6. The molecule has 35 heavy (non-hydrogen) atoms. The first-order valence-electron chi connectivity index (χ1n) is 10.7. The Labute approximate surface area is 203 Å². The number of carbonyl (C=O) groups excluding carboxylic acids is 1. The highest BCUT2D eigenvalue weighted by atomic mass is 32.1. The van der Waals surface area contributed by atoms with Crippen LogP contribution in [-0.2, 0) is 9.53 Å². The van der Waals surface area contributed by atoms with Crippen molar-refractivity contribution >= 4 is 23.4 Å². The van der Waals surface area contributed by atoms with Crippen molar-refractivity contribution in [3.05, 3.63) is 90.6 Å². The Hall–Kier alpha value is -3.79. The van der Waals surface area contributed by atoms with E-state index < -0.39 is 18.6 Å². The van der Waals surface area contributed by atoms with Gasteiger partial charge in [0, 0.05) is 0 Å². The summed E-state index contributed by atoms with van der Waals surface area (Å²) in [5.74, 6) is -0.537. The molecule has 0 N–H and O–H groups in total. The number of hydrogen-bond acceptors (Lipinski definition) is 7. The lowest BCUT2D eigenvalue weighted by molar-refractivity contribution is -0.139. The maximum absolute atomic E-state index is 13.6. The molecule has 2 aromatic carbocycles. The van der Waals surface area contributed by atoms with Gasteiger partial charge in [-0.3, -0.25) is 9.36 Å². The number of rotatable bonds is 7. The van der Waals surface area contributed by atoms with Gasteiger partial charge in [-0.2, -0.15) is 8.78 Å². The molecule has 0 unspecified atom stereocenters. The Morgan fingerprint density at radius 1 is 1.20 bits per heavy atom. The number of carbonyl (C=O) groups is 1. The van der Waals surface area contributed by atoms with Gasteiger partial charge in [0.2, 0.25) is 0 Å². The first-order chi connectivity index (χ1) is 16.8. The van der Waals surface area contributed by atoms with Gasteiger partial charge in [0.05, 0.1) is 35.6 Å². The predicted octanol–water partition coefficient (Wildman–Crippen LogP) is 3.41. The quantitative estimate of drug-likeness (QED) is 0.465. The second-order valence-corrected chi connectivity index (χ2v) is 8.51. The van der Waals surface area contributed by atoms with Gasteiger partial charge in [-0.15, -0.1) is 0 Å². The van der Waals surface area contributed by atoms with Crippen molar-refractivity contribution in [2.75, 3.05) is 13.7 Å². The van der Waals surface area contributed by atoms with Gasteiger partial charge in [-0.25, -0.2) is 9.79 Å². The number of nitrogens with zero attached hydrogens (tertiary/aromatic N) is 2. The van der Waals surface area contributed by atoms with Gasteiger partial charge in [0.1, 0.15) is 0 Å². The van der Waals surface area contributed by atoms with E-state index in [1.807, 2.05) is 30.3 Å². The number of halogens is 2. The van der Waals surface area contributed by atoms with E-state index in [-0.39, 0.29) is 23.7 Å². The van der Waals surface area contributed by atoms with Crippen LogP contribution in [0.25, 0.3) is 6.08 Å². The molecule has 0 amide bonds. The number of aromatic nitrogens is 1. The van der Waals surface area contributed by atoms with Crippen molar-refractivity contribution < 1.29 is 27.8 Å². The van der Waals surface area contributed by atoms with Crippen molar-refractivity contribution in [3.8, 4) is 11.5 Å². The Morgan fingerprint density at radius 3 is 2.60 bits per heavy atom. The molecule has 1 atom stereocenters. The summed E-state index contributed by atoms with van der Waals surface area (Å²) in [5, 5.41) is 0. The number of allylic oxidation sites excluding steroid dienone is 1. The first-order valence-corrected chi connectivity index (χ1v) is 11.5. The Balaban J connectivity index is 1.87. The second kappa shape index (κ2) is 10.2. The van der Waals surface area contributed by atoms with Gasteiger partial charge in [0.15, 0.2) is 16.3 Å². The van der Waals surface area contributed by atoms with Gasteiger partial charge >= 0.3 is 12.6 Å². The second-order valence-electron chi connectivity index (χ2n) is 7.50. The highest BCUT2D eigenvalue weighted by Crippen LogP contribution is 2.31. The molecule has 1 aromatic heterocycles. The smallest absolute Gasteiger partial charge is 0.387 e. The first kappa shape index (κ1) is 24.3. The minimum Gasteiger partial charge on any atom is -0.493 e. The van der Waals surface area contributed by atoms with Crippen molar-refractivity contribution in [2.24, 2.45) is 4.99 Å². The zero-order valence-electron chi connectivity index (χ0n) is 19.2. The summed E-state index contributed by atoms with van der Waals surface area (Å²) in [5.41, 5.74) is 1.72. The van der Waals surface area contributed by atoms with Crippen LogP contribution in [0.15, 0.2) is 69.6 Å². The fraction of sp³-hybridized carbons (Fsp3) is 0.240. The van der Waals surface area contributed by atoms with Crippen LogP contribution in [0.1, 0.15) is 31.0 Å². The number of ether oxygens (including phenoxy) is 3. The Kier molecular flexibility index (Phi) is 7.11. The van der Waals surface area contributed by atoms with Crippen LogP contribution < -0.4 is 24.4 Å². The minimum atomic E-state index is -2.99. The number of fused-ring (bicyclic) bond motifs is 1. The molecule has 1 aliphatic heterocycles. The fourth-order valence-electron chi connectivity index (χ4n) is 3.86. The predicted molar refractivity (Wildman–Crippen MR) is 126 cm³/mol. The zero-order chi connectivity index (χ0) is 25.1. The van der Waals surface area contributed by atoms with Crippen LogP contribution >= 0.6 is 11.3 Å². The molecule has 0 bridgehead atoms. The fourth-order valence-corrected chi connectivity index (χ4v) is 4.91. The maximum atomic E-state index is 13.6. The van der Waals surface area contributed by atoms with Crippen LogP contribution in [0.5, 0.6) is 11.5 Å². The third kappa shape index (κ3) is 4.88.